The molecule has 4 unspecified atom stereocenters. The zero-order chi connectivity index (χ0) is 11.9. The molecule has 0 spiro atoms. The summed E-state index contributed by atoms with van der Waals surface area (Å²) in [6.45, 7) is 2.65. The first kappa shape index (κ1) is 12.2. The Morgan fingerprint density at radius 3 is 2.56 bits per heavy atom. The van der Waals surface area contributed by atoms with Crippen LogP contribution in [0, 0.1) is 11.8 Å². The first-order chi connectivity index (χ1) is 7.39. The molecule has 0 aliphatic carbocycles. The van der Waals surface area contributed by atoms with Crippen LogP contribution in [0.5, 0.6) is 0 Å². The summed E-state index contributed by atoms with van der Waals surface area (Å²) in [6.07, 6.45) is -2.51. The van der Waals surface area contributed by atoms with E-state index in [1.165, 1.54) is 0 Å². The van der Waals surface area contributed by atoms with Gasteiger partial charge in [-0.25, -0.2) is 0 Å². The second kappa shape index (κ2) is 4.18. The molecule has 0 amide bonds. The number of nitrogens with one attached hydrogen (secondary N) is 1. The van der Waals surface area contributed by atoms with Crippen LogP contribution in [0.25, 0.3) is 0 Å². The minimum absolute atomic E-state index is 0.156. The lowest BCUT2D eigenvalue weighted by Gasteiger charge is -2.42. The summed E-state index contributed by atoms with van der Waals surface area (Å²) in [7, 11) is 1.82. The Kier molecular flexibility index (Phi) is 3.18. The summed E-state index contributed by atoms with van der Waals surface area (Å²) in [5, 5.41) is 3.02. The molecule has 2 nitrogen and oxygen atoms in total. The van der Waals surface area contributed by atoms with Crippen LogP contribution >= 0.6 is 0 Å². The van der Waals surface area contributed by atoms with Gasteiger partial charge in [0.05, 0.1) is 12.1 Å². The van der Waals surface area contributed by atoms with Crippen molar-refractivity contribution in [2.75, 3.05) is 13.6 Å². The van der Waals surface area contributed by atoms with Crippen LogP contribution in [0.15, 0.2) is 0 Å². The quantitative estimate of drug-likeness (QED) is 0.693. The second-order valence-corrected chi connectivity index (χ2v) is 5.23. The molecule has 94 valence electrons. The first-order valence-corrected chi connectivity index (χ1v) is 5.91. The van der Waals surface area contributed by atoms with Gasteiger partial charge in [0.25, 0.3) is 0 Å². The van der Waals surface area contributed by atoms with Crippen molar-refractivity contribution in [1.29, 1.82) is 0 Å². The molecule has 0 aromatic rings. The average molecular weight is 236 g/mol. The first-order valence-electron chi connectivity index (χ1n) is 5.91. The fraction of sp³-hybridized carbons (Fsp3) is 1.00. The fourth-order valence-electron chi connectivity index (χ4n) is 3.12. The molecule has 2 aliphatic heterocycles. The van der Waals surface area contributed by atoms with E-state index in [9.17, 15) is 13.2 Å². The monoisotopic (exact) mass is 236 g/mol. The van der Waals surface area contributed by atoms with Gasteiger partial charge >= 0.3 is 6.18 Å². The van der Waals surface area contributed by atoms with Crippen molar-refractivity contribution in [2.45, 2.75) is 44.6 Å². The minimum atomic E-state index is -4.09. The van der Waals surface area contributed by atoms with Gasteiger partial charge in [0, 0.05) is 6.04 Å². The summed E-state index contributed by atoms with van der Waals surface area (Å²) in [6, 6.07) is 0.314. The number of hydrogen-bond donors (Lipinski definition) is 1. The number of hydrogen-bond acceptors (Lipinski definition) is 2. The van der Waals surface area contributed by atoms with Crippen molar-refractivity contribution >= 4 is 0 Å². The SMILES string of the molecule is CC1CC2CCNC(C(C(F)(F)F)C1)N2C. The maximum absolute atomic E-state index is 13.0. The molecule has 2 bridgehead atoms. The van der Waals surface area contributed by atoms with E-state index in [2.05, 4.69) is 5.32 Å². The third-order valence-corrected chi connectivity index (χ3v) is 3.98. The van der Waals surface area contributed by atoms with E-state index < -0.39 is 18.3 Å². The van der Waals surface area contributed by atoms with Crippen molar-refractivity contribution < 1.29 is 13.2 Å². The van der Waals surface area contributed by atoms with E-state index in [1.54, 1.807) is 0 Å². The Morgan fingerprint density at radius 1 is 1.25 bits per heavy atom. The number of alkyl halides is 3. The van der Waals surface area contributed by atoms with Crippen molar-refractivity contribution in [3.8, 4) is 0 Å². The maximum Gasteiger partial charge on any atom is 0.394 e. The van der Waals surface area contributed by atoms with Crippen LogP contribution in [0.4, 0.5) is 13.2 Å². The molecule has 16 heavy (non-hydrogen) atoms. The zero-order valence-electron chi connectivity index (χ0n) is 9.72. The van der Waals surface area contributed by atoms with Gasteiger partial charge in [0.2, 0.25) is 0 Å². The van der Waals surface area contributed by atoms with Crippen LogP contribution in [-0.2, 0) is 0 Å². The standard InChI is InChI=1S/C11H19F3N2/c1-7-5-8-3-4-15-10(16(8)2)9(6-7)11(12,13)14/h7-10,15H,3-6H2,1-2H3. The van der Waals surface area contributed by atoms with Crippen molar-refractivity contribution in [1.82, 2.24) is 10.2 Å². The Balaban J connectivity index is 2.24. The Labute approximate surface area is 94.2 Å². The molecule has 5 heteroatoms. The van der Waals surface area contributed by atoms with E-state index in [4.69, 9.17) is 0 Å². The number of fused-ring (bicyclic) bond motifs is 2. The summed E-state index contributed by atoms with van der Waals surface area (Å²) in [5.74, 6) is -1.07. The molecule has 1 N–H and O–H groups in total. The molecule has 4 atom stereocenters. The van der Waals surface area contributed by atoms with E-state index in [-0.39, 0.29) is 12.3 Å². The molecular formula is C11H19F3N2. The number of halogens is 3. The van der Waals surface area contributed by atoms with Gasteiger partial charge in [-0.05, 0) is 38.8 Å². The Bertz CT molecular complexity index is 254. The normalized spacial score (nSPS) is 41.8. The summed E-state index contributed by atoms with van der Waals surface area (Å²) >= 11 is 0. The lowest BCUT2D eigenvalue weighted by Crippen LogP contribution is -2.58. The molecule has 2 heterocycles. The van der Waals surface area contributed by atoms with Crippen LogP contribution in [0.2, 0.25) is 0 Å². The van der Waals surface area contributed by atoms with Gasteiger partial charge in [-0.1, -0.05) is 6.92 Å². The highest BCUT2D eigenvalue weighted by atomic mass is 19.4. The largest absolute Gasteiger partial charge is 0.394 e. The molecule has 2 aliphatic rings. The summed E-state index contributed by atoms with van der Waals surface area (Å²) in [4.78, 5) is 1.89. The molecule has 0 radical (unpaired) electrons. The number of nitrogens with zero attached hydrogens (tertiary/aromatic N) is 1. The van der Waals surface area contributed by atoms with Crippen LogP contribution in [0.1, 0.15) is 26.2 Å². The van der Waals surface area contributed by atoms with Crippen molar-refractivity contribution in [3.63, 3.8) is 0 Å². The van der Waals surface area contributed by atoms with Gasteiger partial charge in [0.15, 0.2) is 0 Å². The van der Waals surface area contributed by atoms with E-state index in [0.717, 1.165) is 12.8 Å². The molecule has 2 fully saturated rings. The molecule has 0 aromatic heterocycles. The van der Waals surface area contributed by atoms with Crippen LogP contribution < -0.4 is 5.32 Å². The number of rotatable bonds is 0. The lowest BCUT2D eigenvalue weighted by molar-refractivity contribution is -0.198. The smallest absolute Gasteiger partial charge is 0.301 e. The molecule has 0 aromatic carbocycles. The Morgan fingerprint density at radius 2 is 1.94 bits per heavy atom. The third kappa shape index (κ3) is 2.20. The van der Waals surface area contributed by atoms with E-state index in [0.29, 0.717) is 12.6 Å². The average Bonchev–Trinajstić information content (AvgIpc) is 2.25. The Hall–Kier alpha value is -0.290. The van der Waals surface area contributed by atoms with Gasteiger partial charge in [-0.3, -0.25) is 4.90 Å². The predicted molar refractivity (Wildman–Crippen MR) is 55.9 cm³/mol. The molecular weight excluding hydrogens is 217 g/mol. The zero-order valence-corrected chi connectivity index (χ0v) is 9.72. The van der Waals surface area contributed by atoms with Crippen molar-refractivity contribution in [2.24, 2.45) is 11.8 Å². The van der Waals surface area contributed by atoms with Gasteiger partial charge in [-0.2, -0.15) is 13.2 Å². The highest BCUT2D eigenvalue weighted by Crippen LogP contribution is 2.40. The predicted octanol–water partition coefficient (Wildman–Crippen LogP) is 2.21. The van der Waals surface area contributed by atoms with Crippen LogP contribution in [-0.4, -0.2) is 36.9 Å². The summed E-state index contributed by atoms with van der Waals surface area (Å²) < 4.78 is 39.0. The van der Waals surface area contributed by atoms with Crippen LogP contribution in [0.3, 0.4) is 0 Å². The fourth-order valence-corrected chi connectivity index (χ4v) is 3.12. The third-order valence-electron chi connectivity index (χ3n) is 3.98. The van der Waals surface area contributed by atoms with E-state index >= 15 is 0 Å². The highest BCUT2D eigenvalue weighted by molar-refractivity contribution is 4.93. The van der Waals surface area contributed by atoms with Crippen molar-refractivity contribution in [3.05, 3.63) is 0 Å². The van der Waals surface area contributed by atoms with E-state index in [1.807, 2.05) is 18.9 Å². The minimum Gasteiger partial charge on any atom is -0.301 e. The molecule has 2 saturated heterocycles. The topological polar surface area (TPSA) is 15.3 Å². The summed E-state index contributed by atoms with van der Waals surface area (Å²) in [5.41, 5.74) is 0. The van der Waals surface area contributed by atoms with Gasteiger partial charge in [0.1, 0.15) is 0 Å². The van der Waals surface area contributed by atoms with Gasteiger partial charge in [-0.15, -0.1) is 0 Å². The highest BCUT2D eigenvalue weighted by Gasteiger charge is 2.50. The lowest BCUT2D eigenvalue weighted by atomic mass is 9.92. The van der Waals surface area contributed by atoms with Gasteiger partial charge < -0.3 is 5.32 Å². The maximum atomic E-state index is 13.0. The molecule has 0 saturated carbocycles. The molecule has 2 rings (SSSR count). The second-order valence-electron chi connectivity index (χ2n) is 5.23.